The maximum Gasteiger partial charge on any atom is 0.291 e. The van der Waals surface area contributed by atoms with E-state index >= 15 is 0 Å². The SMILES string of the molecule is COc1ccc(C(=O)C2C(=O)C(=O)N(Cc3ccc[nH+]c3)C2c2ccc(O)cc2)c(C)c1. The van der Waals surface area contributed by atoms with Gasteiger partial charge in [0, 0.05) is 17.2 Å². The van der Waals surface area contributed by atoms with Crippen molar-refractivity contribution in [1.29, 1.82) is 0 Å². The zero-order chi connectivity index (χ0) is 22.8. The number of phenols is 1. The summed E-state index contributed by atoms with van der Waals surface area (Å²) in [5.74, 6) is -2.37. The number of hydrogen-bond acceptors (Lipinski definition) is 5. The molecule has 1 aliphatic rings. The number of nitrogens with zero attached hydrogens (tertiary/aromatic N) is 1. The minimum absolute atomic E-state index is 0.0579. The molecule has 2 heterocycles. The van der Waals surface area contributed by atoms with Crippen molar-refractivity contribution < 1.29 is 29.2 Å². The van der Waals surface area contributed by atoms with E-state index in [1.165, 1.54) is 24.1 Å². The number of phenolic OH excluding ortho intramolecular Hbond substituents is 1. The first-order valence-electron chi connectivity index (χ1n) is 10.2. The van der Waals surface area contributed by atoms with Crippen LogP contribution in [0.25, 0.3) is 0 Å². The van der Waals surface area contributed by atoms with E-state index in [4.69, 9.17) is 4.74 Å². The molecule has 2 N–H and O–H groups in total. The Morgan fingerprint density at radius 2 is 1.88 bits per heavy atom. The third-order valence-corrected chi connectivity index (χ3v) is 5.75. The van der Waals surface area contributed by atoms with Crippen LogP contribution in [0.5, 0.6) is 11.5 Å². The summed E-state index contributed by atoms with van der Waals surface area (Å²) in [4.78, 5) is 44.1. The largest absolute Gasteiger partial charge is 0.508 e. The molecular formula is C25H23N2O5+. The molecule has 0 radical (unpaired) electrons. The van der Waals surface area contributed by atoms with Gasteiger partial charge in [0.15, 0.2) is 18.2 Å². The monoisotopic (exact) mass is 431 g/mol. The predicted octanol–water partition coefficient (Wildman–Crippen LogP) is 2.68. The number of ketones is 2. The van der Waals surface area contributed by atoms with Crippen LogP contribution in [0.3, 0.4) is 0 Å². The zero-order valence-corrected chi connectivity index (χ0v) is 17.7. The number of aromatic hydroxyl groups is 1. The van der Waals surface area contributed by atoms with Crippen molar-refractivity contribution >= 4 is 17.5 Å². The van der Waals surface area contributed by atoms with Gasteiger partial charge in [-0.15, -0.1) is 0 Å². The number of aromatic nitrogens is 1. The highest BCUT2D eigenvalue weighted by atomic mass is 16.5. The van der Waals surface area contributed by atoms with Gasteiger partial charge in [-0.1, -0.05) is 12.1 Å². The molecule has 1 amide bonds. The number of carbonyl (C=O) groups excluding carboxylic acids is 3. The molecule has 162 valence electrons. The summed E-state index contributed by atoms with van der Waals surface area (Å²) < 4.78 is 5.21. The molecule has 2 atom stereocenters. The van der Waals surface area contributed by atoms with Crippen LogP contribution < -0.4 is 9.72 Å². The molecule has 1 saturated heterocycles. The number of ether oxygens (including phenoxy) is 1. The fourth-order valence-electron chi connectivity index (χ4n) is 4.13. The number of pyridine rings is 1. The number of hydrogen-bond donors (Lipinski definition) is 1. The Morgan fingerprint density at radius 1 is 1.12 bits per heavy atom. The molecule has 1 fully saturated rings. The topological polar surface area (TPSA) is 98.1 Å². The summed E-state index contributed by atoms with van der Waals surface area (Å²) in [6.07, 6.45) is 3.49. The molecule has 0 aliphatic carbocycles. The van der Waals surface area contributed by atoms with Crippen molar-refractivity contribution in [3.8, 4) is 11.5 Å². The summed E-state index contributed by atoms with van der Waals surface area (Å²) in [5.41, 5.74) is 2.43. The van der Waals surface area contributed by atoms with Gasteiger partial charge in [-0.3, -0.25) is 14.4 Å². The fourth-order valence-corrected chi connectivity index (χ4v) is 4.13. The van der Waals surface area contributed by atoms with Gasteiger partial charge in [0.05, 0.1) is 19.7 Å². The lowest BCUT2D eigenvalue weighted by Crippen LogP contribution is -2.30. The number of amides is 1. The summed E-state index contributed by atoms with van der Waals surface area (Å²) >= 11 is 0. The zero-order valence-electron chi connectivity index (χ0n) is 17.7. The molecule has 7 heteroatoms. The summed E-state index contributed by atoms with van der Waals surface area (Å²) in [7, 11) is 1.54. The normalized spacial score (nSPS) is 18.1. The van der Waals surface area contributed by atoms with Crippen molar-refractivity contribution in [1.82, 2.24) is 4.90 Å². The Bertz CT molecular complexity index is 1170. The Balaban J connectivity index is 1.78. The van der Waals surface area contributed by atoms with E-state index in [0.717, 1.165) is 5.56 Å². The third-order valence-electron chi connectivity index (χ3n) is 5.75. The second kappa shape index (κ2) is 8.63. The number of likely N-dealkylation sites (tertiary alicyclic amines) is 1. The number of Topliss-reactive ketones (excluding diaryl/α,β-unsaturated/α-hetero) is 2. The lowest BCUT2D eigenvalue weighted by molar-refractivity contribution is -0.378. The van der Waals surface area contributed by atoms with E-state index in [9.17, 15) is 19.5 Å². The van der Waals surface area contributed by atoms with E-state index in [1.807, 2.05) is 6.07 Å². The molecule has 2 aromatic carbocycles. The summed E-state index contributed by atoms with van der Waals surface area (Å²) in [6.45, 7) is 1.93. The number of nitrogens with one attached hydrogen (secondary N) is 1. The number of rotatable bonds is 6. The molecule has 0 spiro atoms. The van der Waals surface area contributed by atoms with Crippen molar-refractivity contribution in [2.24, 2.45) is 5.92 Å². The molecule has 7 nitrogen and oxygen atoms in total. The van der Waals surface area contributed by atoms with E-state index in [0.29, 0.717) is 22.4 Å². The van der Waals surface area contributed by atoms with Crippen LogP contribution in [-0.4, -0.2) is 34.6 Å². The molecule has 1 aliphatic heterocycles. The fraction of sp³-hybridized carbons (Fsp3) is 0.200. The highest BCUT2D eigenvalue weighted by Gasteiger charge is 2.51. The standard InChI is InChI=1S/C25H22N2O5/c1-15-12-19(32-2)9-10-20(15)23(29)21-22(17-5-7-18(28)8-6-17)27(25(31)24(21)30)14-16-4-3-11-26-13-16/h3-13,21-22,28H,14H2,1-2H3/p+1. The van der Waals surface area contributed by atoms with Crippen LogP contribution >= 0.6 is 0 Å². The minimum atomic E-state index is -1.19. The molecular weight excluding hydrogens is 408 g/mol. The average Bonchev–Trinajstić information content (AvgIpc) is 3.04. The highest BCUT2D eigenvalue weighted by Crippen LogP contribution is 2.40. The summed E-state index contributed by atoms with van der Waals surface area (Å²) in [5, 5.41) is 9.71. The van der Waals surface area contributed by atoms with Gasteiger partial charge >= 0.3 is 0 Å². The van der Waals surface area contributed by atoms with Crippen LogP contribution in [0.2, 0.25) is 0 Å². The Morgan fingerprint density at radius 3 is 2.50 bits per heavy atom. The van der Waals surface area contributed by atoms with Crippen LogP contribution in [0, 0.1) is 12.8 Å². The van der Waals surface area contributed by atoms with E-state index < -0.39 is 29.4 Å². The maximum atomic E-state index is 13.6. The number of benzene rings is 2. The quantitative estimate of drug-likeness (QED) is 0.368. The van der Waals surface area contributed by atoms with Gasteiger partial charge in [-0.05, 0) is 54.4 Å². The lowest BCUT2D eigenvalue weighted by atomic mass is 9.85. The first kappa shape index (κ1) is 21.2. The first-order valence-corrected chi connectivity index (χ1v) is 10.2. The number of aryl methyl sites for hydroxylation is 1. The molecule has 0 bridgehead atoms. The number of aromatic amines is 1. The van der Waals surface area contributed by atoms with E-state index in [1.54, 1.807) is 55.7 Å². The second-order valence-electron chi connectivity index (χ2n) is 7.77. The van der Waals surface area contributed by atoms with Crippen molar-refractivity contribution in [3.63, 3.8) is 0 Å². The summed E-state index contributed by atoms with van der Waals surface area (Å²) in [6, 6.07) is 14.1. The second-order valence-corrected chi connectivity index (χ2v) is 7.77. The molecule has 32 heavy (non-hydrogen) atoms. The van der Waals surface area contributed by atoms with E-state index in [2.05, 4.69) is 4.98 Å². The molecule has 0 saturated carbocycles. The first-order chi connectivity index (χ1) is 15.4. The number of carbonyl (C=O) groups is 3. The Kier molecular flexibility index (Phi) is 5.73. The van der Waals surface area contributed by atoms with Crippen molar-refractivity contribution in [2.75, 3.05) is 7.11 Å². The Hall–Kier alpha value is -4.00. The molecule has 3 aromatic rings. The van der Waals surface area contributed by atoms with Crippen LogP contribution in [0.1, 0.15) is 33.1 Å². The molecule has 1 aromatic heterocycles. The highest BCUT2D eigenvalue weighted by molar-refractivity contribution is 6.44. The Labute approximate surface area is 185 Å². The van der Waals surface area contributed by atoms with Gasteiger partial charge in [-0.25, -0.2) is 4.98 Å². The van der Waals surface area contributed by atoms with Crippen molar-refractivity contribution in [2.45, 2.75) is 19.5 Å². The maximum absolute atomic E-state index is 13.6. The van der Waals surface area contributed by atoms with Gasteiger partial charge in [0.2, 0.25) is 5.78 Å². The van der Waals surface area contributed by atoms with Crippen LogP contribution in [-0.2, 0) is 16.1 Å². The third kappa shape index (κ3) is 3.85. The van der Waals surface area contributed by atoms with Gasteiger partial charge < -0.3 is 14.7 Å². The number of methoxy groups -OCH3 is 1. The van der Waals surface area contributed by atoms with Gasteiger partial charge in [0.25, 0.3) is 5.91 Å². The molecule has 2 unspecified atom stereocenters. The molecule has 4 rings (SSSR count). The number of H-pyrrole nitrogens is 1. The van der Waals surface area contributed by atoms with Gasteiger partial charge in [-0.2, -0.15) is 0 Å². The predicted molar refractivity (Wildman–Crippen MR) is 115 cm³/mol. The van der Waals surface area contributed by atoms with Crippen molar-refractivity contribution in [3.05, 3.63) is 89.2 Å². The van der Waals surface area contributed by atoms with Crippen LogP contribution in [0.4, 0.5) is 0 Å². The average molecular weight is 431 g/mol. The minimum Gasteiger partial charge on any atom is -0.508 e. The lowest BCUT2D eigenvalue weighted by Gasteiger charge is -2.27. The van der Waals surface area contributed by atoms with Gasteiger partial charge in [0.1, 0.15) is 17.4 Å². The smallest absolute Gasteiger partial charge is 0.291 e. The van der Waals surface area contributed by atoms with Crippen LogP contribution in [0.15, 0.2) is 67.0 Å². The van der Waals surface area contributed by atoms with E-state index in [-0.39, 0.29) is 12.3 Å².